The Morgan fingerprint density at radius 1 is 0.690 bits per heavy atom. The highest BCUT2D eigenvalue weighted by Crippen LogP contribution is 2.29. The van der Waals surface area contributed by atoms with E-state index in [1.807, 2.05) is 6.07 Å². The van der Waals surface area contributed by atoms with Crippen LogP contribution in [0.5, 0.6) is 0 Å². The van der Waals surface area contributed by atoms with E-state index in [1.54, 1.807) is 36.4 Å². The summed E-state index contributed by atoms with van der Waals surface area (Å²) in [5, 5.41) is 2.64. The zero-order valence-electron chi connectivity index (χ0n) is 14.7. The molecular weight excluding hydrogens is 478 g/mol. The molecule has 0 fully saturated rings. The molecule has 0 atom stereocenters. The van der Waals surface area contributed by atoms with Gasteiger partial charge in [0.1, 0.15) is 0 Å². The van der Waals surface area contributed by atoms with Crippen LogP contribution >= 0.6 is 15.9 Å². The second-order valence-electron chi connectivity index (χ2n) is 6.33. The normalized spacial score (nSPS) is 12.4. The third-order valence-electron chi connectivity index (χ3n) is 4.44. The molecule has 148 valence electrons. The molecule has 4 aromatic rings. The van der Waals surface area contributed by atoms with E-state index in [2.05, 4.69) is 19.6 Å². The molecule has 0 radical (unpaired) electrons. The topological polar surface area (TPSA) is 104 Å². The molecule has 2 N–H and O–H groups in total. The number of nitrogen functional groups attached to an aromatic ring is 1. The SMILES string of the molecule is Nc1cccc2cc(S(=O)(=O)OS(=O)(=O)c3ccc4c(Br)cccc4c3)ccc12. The van der Waals surface area contributed by atoms with Gasteiger partial charge in [-0.05, 0) is 52.6 Å². The monoisotopic (exact) mass is 491 g/mol. The van der Waals surface area contributed by atoms with Crippen molar-refractivity contribution in [1.29, 1.82) is 0 Å². The maximum absolute atomic E-state index is 12.6. The molecule has 0 aromatic heterocycles. The van der Waals surface area contributed by atoms with Gasteiger partial charge >= 0.3 is 20.2 Å². The van der Waals surface area contributed by atoms with Gasteiger partial charge in [0.2, 0.25) is 0 Å². The molecule has 0 aliphatic carbocycles. The first-order chi connectivity index (χ1) is 13.7. The molecule has 0 spiro atoms. The van der Waals surface area contributed by atoms with Crippen LogP contribution in [-0.2, 0) is 23.9 Å². The minimum Gasteiger partial charge on any atom is -0.398 e. The maximum atomic E-state index is 12.6. The summed E-state index contributed by atoms with van der Waals surface area (Å²) in [4.78, 5) is -0.528. The van der Waals surface area contributed by atoms with Gasteiger partial charge < -0.3 is 5.73 Å². The summed E-state index contributed by atoms with van der Waals surface area (Å²) in [5.74, 6) is 0. The third-order valence-corrected chi connectivity index (χ3v) is 8.23. The average molecular weight is 492 g/mol. The smallest absolute Gasteiger partial charge is 0.311 e. The lowest BCUT2D eigenvalue weighted by Crippen LogP contribution is -2.14. The maximum Gasteiger partial charge on any atom is 0.311 e. The van der Waals surface area contributed by atoms with Crippen LogP contribution in [0.4, 0.5) is 5.69 Å². The zero-order chi connectivity index (χ0) is 20.8. The van der Waals surface area contributed by atoms with E-state index in [0.717, 1.165) is 9.86 Å². The summed E-state index contributed by atoms with van der Waals surface area (Å²) in [6, 6.07) is 18.7. The van der Waals surface area contributed by atoms with Crippen LogP contribution < -0.4 is 5.73 Å². The average Bonchev–Trinajstić information content (AvgIpc) is 2.67. The molecular formula is C20H14BrNO5S2. The number of halogens is 1. The first kappa shape index (κ1) is 19.8. The summed E-state index contributed by atoms with van der Waals surface area (Å²) in [7, 11) is -9.13. The van der Waals surface area contributed by atoms with Crippen LogP contribution in [-0.4, -0.2) is 16.8 Å². The predicted octanol–water partition coefficient (Wildman–Crippen LogP) is 4.43. The number of nitrogens with two attached hydrogens (primary N) is 1. The van der Waals surface area contributed by atoms with Crippen molar-refractivity contribution >= 4 is 63.4 Å². The molecule has 4 aromatic carbocycles. The summed E-state index contributed by atoms with van der Waals surface area (Å²) in [5.41, 5.74) is 6.36. The Hall–Kier alpha value is -2.46. The molecule has 0 saturated carbocycles. The Bertz CT molecular complexity index is 1370. The van der Waals surface area contributed by atoms with Crippen LogP contribution in [0.15, 0.2) is 87.1 Å². The second-order valence-corrected chi connectivity index (χ2v) is 10.5. The van der Waals surface area contributed by atoms with Crippen molar-refractivity contribution < 1.29 is 20.5 Å². The molecule has 9 heteroatoms. The molecule has 29 heavy (non-hydrogen) atoms. The molecule has 4 rings (SSSR count). The van der Waals surface area contributed by atoms with E-state index in [-0.39, 0.29) is 9.79 Å². The van der Waals surface area contributed by atoms with Gasteiger partial charge in [0.05, 0.1) is 9.79 Å². The van der Waals surface area contributed by atoms with Crippen molar-refractivity contribution in [2.24, 2.45) is 0 Å². The predicted molar refractivity (Wildman–Crippen MR) is 115 cm³/mol. The van der Waals surface area contributed by atoms with Crippen molar-refractivity contribution in [3.8, 4) is 0 Å². The number of hydrogen-bond donors (Lipinski definition) is 1. The van der Waals surface area contributed by atoms with Crippen LogP contribution in [0.25, 0.3) is 21.5 Å². The van der Waals surface area contributed by atoms with Gasteiger partial charge in [-0.25, -0.2) is 0 Å². The minimum atomic E-state index is -4.57. The van der Waals surface area contributed by atoms with E-state index in [1.165, 1.54) is 30.3 Å². The van der Waals surface area contributed by atoms with E-state index in [9.17, 15) is 16.8 Å². The molecule has 0 saturated heterocycles. The van der Waals surface area contributed by atoms with Crippen molar-refractivity contribution in [3.05, 3.63) is 77.3 Å². The number of anilines is 1. The fourth-order valence-corrected chi connectivity index (χ4v) is 6.11. The molecule has 0 bridgehead atoms. The summed E-state index contributed by atoms with van der Waals surface area (Å²) < 4.78 is 56.0. The lowest BCUT2D eigenvalue weighted by atomic mass is 10.1. The van der Waals surface area contributed by atoms with Gasteiger partial charge in [-0.1, -0.05) is 52.3 Å². The molecule has 0 amide bonds. The largest absolute Gasteiger partial charge is 0.398 e. The quantitative estimate of drug-likeness (QED) is 0.423. The number of benzene rings is 4. The van der Waals surface area contributed by atoms with Gasteiger partial charge in [0.25, 0.3) is 0 Å². The number of hydrogen-bond acceptors (Lipinski definition) is 6. The molecule has 0 unspecified atom stereocenters. The first-order valence-electron chi connectivity index (χ1n) is 8.35. The molecule has 0 aliphatic rings. The Balaban J connectivity index is 1.73. The lowest BCUT2D eigenvalue weighted by molar-refractivity contribution is 0.462. The van der Waals surface area contributed by atoms with Crippen molar-refractivity contribution in [1.82, 2.24) is 0 Å². The Kier molecular flexibility index (Phi) is 4.86. The van der Waals surface area contributed by atoms with Crippen molar-refractivity contribution in [2.75, 3.05) is 5.73 Å². The third kappa shape index (κ3) is 3.74. The van der Waals surface area contributed by atoms with Crippen LogP contribution in [0, 0.1) is 0 Å². The van der Waals surface area contributed by atoms with E-state index in [0.29, 0.717) is 21.8 Å². The number of fused-ring (bicyclic) bond motifs is 2. The fraction of sp³-hybridized carbons (Fsp3) is 0. The minimum absolute atomic E-state index is 0.253. The summed E-state index contributed by atoms with van der Waals surface area (Å²) in [6.07, 6.45) is 0. The van der Waals surface area contributed by atoms with Crippen LogP contribution in [0.3, 0.4) is 0 Å². The summed E-state index contributed by atoms with van der Waals surface area (Å²) >= 11 is 3.39. The second kappa shape index (κ2) is 7.10. The molecule has 6 nitrogen and oxygen atoms in total. The Morgan fingerprint density at radius 3 is 1.83 bits per heavy atom. The van der Waals surface area contributed by atoms with Crippen molar-refractivity contribution in [3.63, 3.8) is 0 Å². The summed E-state index contributed by atoms with van der Waals surface area (Å²) in [6.45, 7) is 0. The standard InChI is InChI=1S/C20H14BrNO5S2/c21-19-5-1-3-13-11-15(7-9-17(13)19)28(23,24)27-29(25,26)16-8-10-18-14(12-16)4-2-6-20(18)22/h1-12H,22H2. The highest BCUT2D eigenvalue weighted by Gasteiger charge is 2.27. The van der Waals surface area contributed by atoms with Gasteiger partial charge in [-0.3, -0.25) is 0 Å². The first-order valence-corrected chi connectivity index (χ1v) is 12.0. The van der Waals surface area contributed by atoms with Crippen LogP contribution in [0.1, 0.15) is 0 Å². The van der Waals surface area contributed by atoms with E-state index < -0.39 is 20.2 Å². The van der Waals surface area contributed by atoms with E-state index in [4.69, 9.17) is 5.73 Å². The molecule has 0 aliphatic heterocycles. The fourth-order valence-electron chi connectivity index (χ4n) is 3.02. The highest BCUT2D eigenvalue weighted by atomic mass is 79.9. The Morgan fingerprint density at radius 2 is 1.21 bits per heavy atom. The van der Waals surface area contributed by atoms with E-state index >= 15 is 0 Å². The Labute approximate surface area is 176 Å². The molecule has 0 heterocycles. The highest BCUT2D eigenvalue weighted by molar-refractivity contribution is 9.10. The van der Waals surface area contributed by atoms with Gasteiger partial charge in [-0.15, -0.1) is 3.63 Å². The van der Waals surface area contributed by atoms with Crippen molar-refractivity contribution in [2.45, 2.75) is 9.79 Å². The number of rotatable bonds is 4. The van der Waals surface area contributed by atoms with Gasteiger partial charge in [0.15, 0.2) is 0 Å². The van der Waals surface area contributed by atoms with Gasteiger partial charge in [0, 0.05) is 15.5 Å². The lowest BCUT2D eigenvalue weighted by Gasteiger charge is -2.09. The van der Waals surface area contributed by atoms with Crippen LogP contribution in [0.2, 0.25) is 0 Å². The zero-order valence-corrected chi connectivity index (χ0v) is 18.0. The van der Waals surface area contributed by atoms with Gasteiger partial charge in [-0.2, -0.15) is 16.8 Å².